The predicted octanol–water partition coefficient (Wildman–Crippen LogP) is 2.38. The van der Waals surface area contributed by atoms with E-state index in [2.05, 4.69) is 24.4 Å². The Balaban J connectivity index is 1.93. The number of aryl methyl sites for hydroxylation is 1. The number of hydrogen-bond donors (Lipinski definition) is 1. The van der Waals surface area contributed by atoms with Crippen molar-refractivity contribution < 1.29 is 14.3 Å². The fourth-order valence-electron chi connectivity index (χ4n) is 1.96. The van der Waals surface area contributed by atoms with E-state index in [-0.39, 0.29) is 17.9 Å². The third-order valence-corrected chi connectivity index (χ3v) is 5.29. The number of nitrogens with zero attached hydrogens (tertiary/aromatic N) is 1. The van der Waals surface area contributed by atoms with Crippen molar-refractivity contribution in [3.05, 3.63) is 21.9 Å². The van der Waals surface area contributed by atoms with E-state index in [0.29, 0.717) is 13.2 Å². The summed E-state index contributed by atoms with van der Waals surface area (Å²) >= 11 is 3.45. The molecule has 1 fully saturated rings. The second kappa shape index (κ2) is 6.99. The molecular formula is C13H18N2O3S2. The van der Waals surface area contributed by atoms with Crippen molar-refractivity contribution in [3.63, 3.8) is 0 Å². The topological polar surface area (TPSA) is 58.6 Å². The molecule has 110 valence electrons. The zero-order valence-electron chi connectivity index (χ0n) is 11.5. The Morgan fingerprint density at radius 3 is 2.95 bits per heavy atom. The van der Waals surface area contributed by atoms with Crippen molar-refractivity contribution in [2.75, 3.05) is 25.4 Å². The summed E-state index contributed by atoms with van der Waals surface area (Å²) in [5.41, 5.74) is 0. The summed E-state index contributed by atoms with van der Waals surface area (Å²) in [4.78, 5) is 27.6. The number of ether oxygens (including phenoxy) is 1. The Hall–Kier alpha value is -1.21. The molecule has 0 spiro atoms. The van der Waals surface area contributed by atoms with Gasteiger partial charge in [0.05, 0.1) is 6.61 Å². The van der Waals surface area contributed by atoms with Crippen LogP contribution in [-0.4, -0.2) is 42.3 Å². The predicted molar refractivity (Wildman–Crippen MR) is 81.0 cm³/mol. The highest BCUT2D eigenvalue weighted by Gasteiger charge is 2.31. The van der Waals surface area contributed by atoms with Gasteiger partial charge in [-0.05, 0) is 26.0 Å². The zero-order chi connectivity index (χ0) is 14.5. The second-order valence-corrected chi connectivity index (χ2v) is 6.84. The molecule has 2 rings (SSSR count). The maximum atomic E-state index is 12.1. The third kappa shape index (κ3) is 3.67. The standard InChI is InChI=1S/C13H18N2O3S2/c1-3-18-11(16)8-14-13(17)15-6-7-19-12(15)10-5-4-9(2)20-10/h4-5,12H,3,6-8H2,1-2H3,(H,14,17). The number of carbonyl (C=O) groups is 2. The lowest BCUT2D eigenvalue weighted by atomic mass is 10.4. The number of thioether (sulfide) groups is 1. The minimum absolute atomic E-state index is 0.0518. The Morgan fingerprint density at radius 2 is 2.30 bits per heavy atom. The molecule has 0 saturated carbocycles. The maximum absolute atomic E-state index is 12.1. The van der Waals surface area contributed by atoms with Gasteiger partial charge in [-0.2, -0.15) is 0 Å². The van der Waals surface area contributed by atoms with Gasteiger partial charge in [-0.1, -0.05) is 0 Å². The van der Waals surface area contributed by atoms with Crippen molar-refractivity contribution in [1.82, 2.24) is 10.2 Å². The van der Waals surface area contributed by atoms with Gasteiger partial charge in [0.1, 0.15) is 11.9 Å². The number of esters is 1. The molecule has 7 heteroatoms. The van der Waals surface area contributed by atoms with Gasteiger partial charge in [0.25, 0.3) is 0 Å². The maximum Gasteiger partial charge on any atom is 0.325 e. The Bertz CT molecular complexity index is 490. The van der Waals surface area contributed by atoms with Crippen molar-refractivity contribution in [2.45, 2.75) is 19.2 Å². The average Bonchev–Trinajstić information content (AvgIpc) is 3.04. The van der Waals surface area contributed by atoms with Gasteiger partial charge in [-0.25, -0.2) is 4.79 Å². The van der Waals surface area contributed by atoms with Gasteiger partial charge in [0.2, 0.25) is 0 Å². The molecule has 1 aromatic rings. The third-order valence-electron chi connectivity index (χ3n) is 2.85. The summed E-state index contributed by atoms with van der Waals surface area (Å²) in [5, 5.41) is 2.67. The van der Waals surface area contributed by atoms with E-state index in [9.17, 15) is 9.59 Å². The lowest BCUT2D eigenvalue weighted by Gasteiger charge is -2.23. The molecule has 1 saturated heterocycles. The molecule has 5 nitrogen and oxygen atoms in total. The summed E-state index contributed by atoms with van der Waals surface area (Å²) < 4.78 is 4.79. The Morgan fingerprint density at radius 1 is 1.50 bits per heavy atom. The van der Waals surface area contributed by atoms with Crippen LogP contribution in [0.4, 0.5) is 4.79 Å². The molecule has 0 bridgehead atoms. The van der Waals surface area contributed by atoms with Crippen LogP contribution in [-0.2, 0) is 9.53 Å². The molecule has 2 heterocycles. The quantitative estimate of drug-likeness (QED) is 0.867. The zero-order valence-corrected chi connectivity index (χ0v) is 13.2. The largest absolute Gasteiger partial charge is 0.465 e. The van der Waals surface area contributed by atoms with E-state index < -0.39 is 5.97 Å². The lowest BCUT2D eigenvalue weighted by molar-refractivity contribution is -0.141. The van der Waals surface area contributed by atoms with Crippen LogP contribution in [0.3, 0.4) is 0 Å². The van der Waals surface area contributed by atoms with Gasteiger partial charge in [0, 0.05) is 22.1 Å². The molecule has 0 radical (unpaired) electrons. The van der Waals surface area contributed by atoms with Gasteiger partial charge >= 0.3 is 12.0 Å². The summed E-state index contributed by atoms with van der Waals surface area (Å²) in [5.74, 6) is 0.505. The number of thiophene rings is 1. The molecule has 1 atom stereocenters. The van der Waals surface area contributed by atoms with E-state index in [1.54, 1.807) is 34.9 Å². The normalized spacial score (nSPS) is 18.1. The van der Waals surface area contributed by atoms with Crippen LogP contribution >= 0.6 is 23.1 Å². The molecule has 1 aliphatic heterocycles. The molecule has 20 heavy (non-hydrogen) atoms. The Labute approximate surface area is 126 Å². The molecule has 1 unspecified atom stereocenters. The lowest BCUT2D eigenvalue weighted by Crippen LogP contribution is -2.41. The number of rotatable bonds is 4. The van der Waals surface area contributed by atoms with E-state index >= 15 is 0 Å². The molecule has 1 aromatic heterocycles. The highest BCUT2D eigenvalue weighted by molar-refractivity contribution is 7.99. The number of hydrogen-bond acceptors (Lipinski definition) is 5. The van der Waals surface area contributed by atoms with Crippen molar-refractivity contribution in [1.29, 1.82) is 0 Å². The highest BCUT2D eigenvalue weighted by atomic mass is 32.2. The molecule has 0 aliphatic carbocycles. The summed E-state index contributed by atoms with van der Waals surface area (Å²) in [6, 6.07) is 3.92. The van der Waals surface area contributed by atoms with Crippen molar-refractivity contribution in [2.24, 2.45) is 0 Å². The van der Waals surface area contributed by atoms with Crippen LogP contribution in [0.1, 0.15) is 22.1 Å². The smallest absolute Gasteiger partial charge is 0.325 e. The molecule has 2 amide bonds. The molecule has 0 aromatic carbocycles. The van der Waals surface area contributed by atoms with Crippen LogP contribution in [0.5, 0.6) is 0 Å². The van der Waals surface area contributed by atoms with Crippen LogP contribution in [0.15, 0.2) is 12.1 Å². The summed E-state index contributed by atoms with van der Waals surface area (Å²) in [6.45, 7) is 4.74. The van der Waals surface area contributed by atoms with E-state index in [1.807, 2.05) is 0 Å². The van der Waals surface area contributed by atoms with Crippen LogP contribution in [0.2, 0.25) is 0 Å². The van der Waals surface area contributed by atoms with Crippen LogP contribution in [0.25, 0.3) is 0 Å². The van der Waals surface area contributed by atoms with Gasteiger partial charge < -0.3 is 15.0 Å². The Kier molecular flexibility index (Phi) is 5.31. The fourth-order valence-corrected chi connectivity index (χ4v) is 4.33. The van der Waals surface area contributed by atoms with E-state index in [0.717, 1.165) is 5.75 Å². The first-order chi connectivity index (χ1) is 9.61. The minimum atomic E-state index is -0.406. The van der Waals surface area contributed by atoms with Crippen molar-refractivity contribution in [3.8, 4) is 0 Å². The molecular weight excluding hydrogens is 296 g/mol. The van der Waals surface area contributed by atoms with Gasteiger partial charge in [-0.3, -0.25) is 4.79 Å². The number of carbonyl (C=O) groups excluding carboxylic acids is 2. The SMILES string of the molecule is CCOC(=O)CNC(=O)N1CCSC1c1ccc(C)s1. The number of urea groups is 1. The fraction of sp³-hybridized carbons (Fsp3) is 0.538. The van der Waals surface area contributed by atoms with E-state index in [1.165, 1.54) is 9.75 Å². The summed E-state index contributed by atoms with van der Waals surface area (Å²) in [6.07, 6.45) is 0. The average molecular weight is 314 g/mol. The summed E-state index contributed by atoms with van der Waals surface area (Å²) in [7, 11) is 0. The first-order valence-electron chi connectivity index (χ1n) is 6.50. The van der Waals surface area contributed by atoms with Gasteiger partial charge in [0.15, 0.2) is 0 Å². The minimum Gasteiger partial charge on any atom is -0.465 e. The first-order valence-corrected chi connectivity index (χ1v) is 8.36. The highest BCUT2D eigenvalue weighted by Crippen LogP contribution is 2.40. The number of amides is 2. The number of nitrogens with one attached hydrogen (secondary N) is 1. The molecule has 1 aliphatic rings. The van der Waals surface area contributed by atoms with Gasteiger partial charge in [-0.15, -0.1) is 23.1 Å². The van der Waals surface area contributed by atoms with Crippen LogP contribution in [0, 0.1) is 6.92 Å². The monoisotopic (exact) mass is 314 g/mol. The van der Waals surface area contributed by atoms with Crippen molar-refractivity contribution >= 4 is 35.1 Å². The van der Waals surface area contributed by atoms with E-state index in [4.69, 9.17) is 4.74 Å². The second-order valence-electron chi connectivity index (χ2n) is 4.33. The first kappa shape index (κ1) is 15.2. The molecule has 1 N–H and O–H groups in total. The van der Waals surface area contributed by atoms with Crippen LogP contribution < -0.4 is 5.32 Å².